The van der Waals surface area contributed by atoms with E-state index in [0.717, 1.165) is 42.8 Å². The highest BCUT2D eigenvalue weighted by atomic mass is 127. The van der Waals surface area contributed by atoms with Crippen molar-refractivity contribution in [2.45, 2.75) is 51.1 Å². The lowest BCUT2D eigenvalue weighted by Gasteiger charge is -2.20. The average Bonchev–Trinajstić information content (AvgIpc) is 3.53. The molecule has 5 atom stereocenters. The number of nitrogens with one attached hydrogen (secondary N) is 2. The highest BCUT2D eigenvalue weighted by Gasteiger charge is 2.55. The standard InChI is InChI=1S/C22H32N4.HI/c1-3-23-22(25-20-13-26(12-14(20)2)16-8-9-16)24-11-19-18-10-15-6-4-5-7-17(15)21(18)19;/h4-7,14,16,18-21H,3,8-13H2,1-2H3,(H2,23,24,25);1H. The van der Waals surface area contributed by atoms with Gasteiger partial charge in [0.2, 0.25) is 0 Å². The Morgan fingerprint density at radius 2 is 2.04 bits per heavy atom. The molecule has 0 radical (unpaired) electrons. The average molecular weight is 480 g/mol. The first-order valence-corrected chi connectivity index (χ1v) is 10.6. The number of aliphatic imine (C=N–C) groups is 1. The van der Waals surface area contributed by atoms with Gasteiger partial charge in [-0.05, 0) is 61.0 Å². The molecule has 0 spiro atoms. The largest absolute Gasteiger partial charge is 0.357 e. The highest BCUT2D eigenvalue weighted by molar-refractivity contribution is 14.0. The molecule has 3 aliphatic carbocycles. The SMILES string of the molecule is CCNC(=NCC1C2Cc3ccccc3C12)NC1CN(C2CC2)CC1C.I. The number of hydrogen-bond acceptors (Lipinski definition) is 2. The molecule has 1 aromatic carbocycles. The van der Waals surface area contributed by atoms with Crippen molar-refractivity contribution < 1.29 is 0 Å². The number of fused-ring (bicyclic) bond motifs is 3. The zero-order valence-corrected chi connectivity index (χ0v) is 18.9. The van der Waals surface area contributed by atoms with Crippen LogP contribution < -0.4 is 10.6 Å². The molecule has 1 heterocycles. The Balaban J connectivity index is 0.00000180. The molecule has 1 aliphatic heterocycles. The normalized spacial score (nSPS) is 34.6. The third kappa shape index (κ3) is 3.86. The van der Waals surface area contributed by atoms with Crippen LogP contribution in [0.3, 0.4) is 0 Å². The zero-order valence-electron chi connectivity index (χ0n) is 16.5. The number of likely N-dealkylation sites (tertiary alicyclic amines) is 1. The highest BCUT2D eigenvalue weighted by Crippen LogP contribution is 2.61. The third-order valence-electron chi connectivity index (χ3n) is 7.03. The van der Waals surface area contributed by atoms with Crippen LogP contribution in [0.1, 0.15) is 43.7 Å². The lowest BCUT2D eigenvalue weighted by Crippen LogP contribution is -2.46. The zero-order chi connectivity index (χ0) is 17.7. The van der Waals surface area contributed by atoms with Gasteiger partial charge < -0.3 is 10.6 Å². The van der Waals surface area contributed by atoms with E-state index in [1.807, 2.05) is 0 Å². The Morgan fingerprint density at radius 1 is 1.22 bits per heavy atom. The summed E-state index contributed by atoms with van der Waals surface area (Å²) < 4.78 is 0. The summed E-state index contributed by atoms with van der Waals surface area (Å²) in [4.78, 5) is 7.66. The van der Waals surface area contributed by atoms with Gasteiger partial charge in [-0.2, -0.15) is 0 Å². The summed E-state index contributed by atoms with van der Waals surface area (Å²) >= 11 is 0. The summed E-state index contributed by atoms with van der Waals surface area (Å²) in [6, 6.07) is 10.4. The molecule has 3 fully saturated rings. The molecular weight excluding hydrogens is 447 g/mol. The topological polar surface area (TPSA) is 39.7 Å². The van der Waals surface area contributed by atoms with Crippen LogP contribution in [0.2, 0.25) is 0 Å². The Morgan fingerprint density at radius 3 is 2.81 bits per heavy atom. The maximum Gasteiger partial charge on any atom is 0.191 e. The molecule has 1 saturated heterocycles. The van der Waals surface area contributed by atoms with E-state index in [4.69, 9.17) is 4.99 Å². The minimum atomic E-state index is 0. The molecule has 4 nitrogen and oxygen atoms in total. The minimum absolute atomic E-state index is 0. The fourth-order valence-electron chi connectivity index (χ4n) is 5.36. The molecule has 0 aromatic heterocycles. The molecule has 1 aromatic rings. The second-order valence-corrected chi connectivity index (χ2v) is 8.89. The van der Waals surface area contributed by atoms with Crippen LogP contribution in [-0.4, -0.2) is 49.1 Å². The summed E-state index contributed by atoms with van der Waals surface area (Å²) in [7, 11) is 0. The molecule has 5 unspecified atom stereocenters. The van der Waals surface area contributed by atoms with Crippen LogP contribution in [0.15, 0.2) is 29.3 Å². The minimum Gasteiger partial charge on any atom is -0.357 e. The van der Waals surface area contributed by atoms with E-state index in [1.54, 1.807) is 11.1 Å². The molecule has 27 heavy (non-hydrogen) atoms. The van der Waals surface area contributed by atoms with Gasteiger partial charge in [0.25, 0.3) is 0 Å². The molecular formula is C22H33IN4. The van der Waals surface area contributed by atoms with E-state index in [1.165, 1.54) is 32.4 Å². The first kappa shape index (κ1) is 19.5. The van der Waals surface area contributed by atoms with Crippen molar-refractivity contribution in [1.82, 2.24) is 15.5 Å². The van der Waals surface area contributed by atoms with Crippen LogP contribution >= 0.6 is 24.0 Å². The van der Waals surface area contributed by atoms with Gasteiger partial charge in [0.1, 0.15) is 0 Å². The second-order valence-electron chi connectivity index (χ2n) is 8.89. The predicted octanol–water partition coefficient (Wildman–Crippen LogP) is 3.23. The maximum absolute atomic E-state index is 4.99. The molecule has 0 bridgehead atoms. The Labute approximate surface area is 180 Å². The van der Waals surface area contributed by atoms with E-state index < -0.39 is 0 Å². The van der Waals surface area contributed by atoms with E-state index in [2.05, 4.69) is 53.6 Å². The van der Waals surface area contributed by atoms with Gasteiger partial charge >= 0.3 is 0 Å². The van der Waals surface area contributed by atoms with E-state index >= 15 is 0 Å². The van der Waals surface area contributed by atoms with Crippen LogP contribution in [0, 0.1) is 17.8 Å². The molecule has 5 heteroatoms. The van der Waals surface area contributed by atoms with Gasteiger partial charge in [-0.15, -0.1) is 24.0 Å². The third-order valence-corrected chi connectivity index (χ3v) is 7.03. The number of rotatable bonds is 5. The number of benzene rings is 1. The first-order valence-electron chi connectivity index (χ1n) is 10.6. The van der Waals surface area contributed by atoms with Crippen molar-refractivity contribution in [3.8, 4) is 0 Å². The van der Waals surface area contributed by atoms with E-state index in [9.17, 15) is 0 Å². The number of halogens is 1. The smallest absolute Gasteiger partial charge is 0.191 e. The summed E-state index contributed by atoms with van der Waals surface area (Å²) in [5.41, 5.74) is 3.17. The van der Waals surface area contributed by atoms with Gasteiger partial charge in [0.05, 0.1) is 0 Å². The first-order chi connectivity index (χ1) is 12.7. The Kier molecular flexibility index (Phi) is 5.70. The summed E-state index contributed by atoms with van der Waals surface area (Å²) in [5.74, 6) is 4.10. The summed E-state index contributed by atoms with van der Waals surface area (Å²) in [5, 5.41) is 7.22. The van der Waals surface area contributed by atoms with Gasteiger partial charge in [-0.1, -0.05) is 31.2 Å². The molecule has 4 aliphatic rings. The van der Waals surface area contributed by atoms with Crippen LogP contribution in [-0.2, 0) is 6.42 Å². The van der Waals surface area contributed by atoms with Crippen LogP contribution in [0.4, 0.5) is 0 Å². The molecule has 0 amide bonds. The Bertz CT molecular complexity index is 701. The molecule has 148 valence electrons. The fourth-order valence-corrected chi connectivity index (χ4v) is 5.36. The van der Waals surface area contributed by atoms with Crippen molar-refractivity contribution in [2.24, 2.45) is 22.7 Å². The van der Waals surface area contributed by atoms with Gasteiger partial charge in [0.15, 0.2) is 5.96 Å². The quantitative estimate of drug-likeness (QED) is 0.386. The summed E-state index contributed by atoms with van der Waals surface area (Å²) in [6.07, 6.45) is 4.07. The Hall–Kier alpha value is -0.820. The molecule has 2 N–H and O–H groups in total. The lowest BCUT2D eigenvalue weighted by molar-refractivity contribution is 0.315. The summed E-state index contributed by atoms with van der Waals surface area (Å²) in [6.45, 7) is 8.86. The maximum atomic E-state index is 4.99. The molecule has 2 saturated carbocycles. The van der Waals surface area contributed by atoms with Gasteiger partial charge in [0, 0.05) is 38.3 Å². The van der Waals surface area contributed by atoms with Crippen molar-refractivity contribution in [1.29, 1.82) is 0 Å². The number of guanidine groups is 1. The monoisotopic (exact) mass is 480 g/mol. The van der Waals surface area contributed by atoms with Crippen molar-refractivity contribution in [3.05, 3.63) is 35.4 Å². The van der Waals surface area contributed by atoms with Crippen molar-refractivity contribution >= 4 is 29.9 Å². The van der Waals surface area contributed by atoms with E-state index in [-0.39, 0.29) is 24.0 Å². The van der Waals surface area contributed by atoms with Gasteiger partial charge in [-0.25, -0.2) is 0 Å². The molecule has 5 rings (SSSR count). The number of nitrogens with zero attached hydrogens (tertiary/aromatic N) is 2. The number of hydrogen-bond donors (Lipinski definition) is 2. The predicted molar refractivity (Wildman–Crippen MR) is 122 cm³/mol. The van der Waals surface area contributed by atoms with Crippen molar-refractivity contribution in [3.63, 3.8) is 0 Å². The fraction of sp³-hybridized carbons (Fsp3) is 0.682. The van der Waals surface area contributed by atoms with Crippen LogP contribution in [0.25, 0.3) is 0 Å². The van der Waals surface area contributed by atoms with Gasteiger partial charge in [-0.3, -0.25) is 9.89 Å². The second kappa shape index (κ2) is 7.90. The lowest BCUT2D eigenvalue weighted by atomic mass is 10.0. The van der Waals surface area contributed by atoms with Crippen molar-refractivity contribution in [2.75, 3.05) is 26.2 Å². The van der Waals surface area contributed by atoms with E-state index in [0.29, 0.717) is 12.0 Å². The van der Waals surface area contributed by atoms with Crippen LogP contribution in [0.5, 0.6) is 0 Å².